The van der Waals surface area contributed by atoms with E-state index in [2.05, 4.69) is 15.4 Å². The molecule has 0 radical (unpaired) electrons. The topological polar surface area (TPSA) is 122 Å². The highest BCUT2D eigenvalue weighted by Crippen LogP contribution is 2.10. The molecule has 2 atom stereocenters. The van der Waals surface area contributed by atoms with E-state index in [4.69, 9.17) is 5.11 Å². The molecular formula is C15H16N2O6. The average molecular weight is 320 g/mol. The quantitative estimate of drug-likeness (QED) is 0.627. The molecule has 3 N–H and O–H groups in total. The smallest absolute Gasteiger partial charge is 0.335 e. The molecule has 1 saturated heterocycles. The number of ether oxygens (including phenoxy) is 1. The van der Waals surface area contributed by atoms with Gasteiger partial charge in [0, 0.05) is 6.42 Å². The molecule has 1 aliphatic heterocycles. The van der Waals surface area contributed by atoms with Crippen LogP contribution in [0.4, 0.5) is 0 Å². The van der Waals surface area contributed by atoms with Gasteiger partial charge in [-0.25, -0.2) is 4.79 Å². The summed E-state index contributed by atoms with van der Waals surface area (Å²) in [5.74, 6) is -2.48. The molecule has 0 aromatic heterocycles. The van der Waals surface area contributed by atoms with Gasteiger partial charge < -0.3 is 20.5 Å². The molecule has 8 heteroatoms. The van der Waals surface area contributed by atoms with E-state index in [0.29, 0.717) is 5.56 Å². The molecule has 2 unspecified atom stereocenters. The summed E-state index contributed by atoms with van der Waals surface area (Å²) in [7, 11) is 1.20. The summed E-state index contributed by atoms with van der Waals surface area (Å²) in [6, 6.07) is 4.32. The first kappa shape index (κ1) is 16.5. The highest BCUT2D eigenvalue weighted by atomic mass is 16.5. The zero-order chi connectivity index (χ0) is 17.0. The molecule has 23 heavy (non-hydrogen) atoms. The van der Waals surface area contributed by atoms with Gasteiger partial charge in [0.25, 0.3) is 0 Å². The van der Waals surface area contributed by atoms with E-state index < -0.39 is 35.8 Å². The van der Waals surface area contributed by atoms with Crippen molar-refractivity contribution in [1.82, 2.24) is 10.6 Å². The minimum absolute atomic E-state index is 0.143. The standard InChI is InChI=1S/C15H16N2O6/c1-23-12(18)7-11-14(20)16-10(13(19)17-11)6-8-2-4-9(5-3-8)15(21)22/h2-5,10-11H,6-7H2,1H3,(H,16,20)(H,17,19)(H,21,22). The Kier molecular flexibility index (Phi) is 4.95. The second-order valence-electron chi connectivity index (χ2n) is 5.11. The van der Waals surface area contributed by atoms with Crippen LogP contribution >= 0.6 is 0 Å². The zero-order valence-corrected chi connectivity index (χ0v) is 12.4. The lowest BCUT2D eigenvalue weighted by atomic mass is 10.00. The second-order valence-corrected chi connectivity index (χ2v) is 5.11. The first-order valence-corrected chi connectivity index (χ1v) is 6.90. The Hall–Kier alpha value is -2.90. The lowest BCUT2D eigenvalue weighted by Crippen LogP contribution is -2.62. The molecule has 0 bridgehead atoms. The number of esters is 1. The Morgan fingerprint density at radius 1 is 1.09 bits per heavy atom. The lowest BCUT2D eigenvalue weighted by Gasteiger charge is -2.29. The van der Waals surface area contributed by atoms with E-state index in [0.717, 1.165) is 0 Å². The van der Waals surface area contributed by atoms with Crippen molar-refractivity contribution in [3.05, 3.63) is 35.4 Å². The minimum atomic E-state index is -1.04. The van der Waals surface area contributed by atoms with Gasteiger partial charge in [0.05, 0.1) is 19.1 Å². The van der Waals surface area contributed by atoms with Crippen molar-refractivity contribution in [2.75, 3.05) is 7.11 Å². The van der Waals surface area contributed by atoms with Crippen LogP contribution in [0.2, 0.25) is 0 Å². The summed E-state index contributed by atoms with van der Waals surface area (Å²) in [6.45, 7) is 0. The number of hydrogen-bond donors (Lipinski definition) is 3. The Labute approximate surface area is 131 Å². The van der Waals surface area contributed by atoms with Crippen LogP contribution in [0.15, 0.2) is 24.3 Å². The number of nitrogens with one attached hydrogen (secondary N) is 2. The number of hydrogen-bond acceptors (Lipinski definition) is 5. The van der Waals surface area contributed by atoms with Crippen LogP contribution in [-0.4, -0.2) is 48.1 Å². The fourth-order valence-corrected chi connectivity index (χ4v) is 2.23. The monoisotopic (exact) mass is 320 g/mol. The lowest BCUT2D eigenvalue weighted by molar-refractivity contribution is -0.145. The maximum atomic E-state index is 12.0. The summed E-state index contributed by atoms with van der Waals surface area (Å²) in [4.78, 5) is 45.9. The van der Waals surface area contributed by atoms with Gasteiger partial charge in [-0.15, -0.1) is 0 Å². The summed E-state index contributed by atoms with van der Waals surface area (Å²) < 4.78 is 4.47. The van der Waals surface area contributed by atoms with E-state index in [9.17, 15) is 19.2 Å². The summed E-state index contributed by atoms with van der Waals surface area (Å²) >= 11 is 0. The first-order chi connectivity index (χ1) is 10.9. The van der Waals surface area contributed by atoms with Crippen molar-refractivity contribution in [2.24, 2.45) is 0 Å². The van der Waals surface area contributed by atoms with Gasteiger partial charge in [-0.05, 0) is 17.7 Å². The van der Waals surface area contributed by atoms with E-state index in [1.807, 2.05) is 0 Å². The summed E-state index contributed by atoms with van der Waals surface area (Å²) in [5.41, 5.74) is 0.853. The molecule has 8 nitrogen and oxygen atoms in total. The highest BCUT2D eigenvalue weighted by Gasteiger charge is 2.34. The predicted octanol–water partition coefficient (Wildman–Crippen LogP) is -0.526. The van der Waals surface area contributed by atoms with E-state index in [1.165, 1.54) is 19.2 Å². The maximum absolute atomic E-state index is 12.0. The van der Waals surface area contributed by atoms with Crippen LogP contribution in [0.1, 0.15) is 22.3 Å². The molecule has 2 rings (SSSR count). The van der Waals surface area contributed by atoms with Gasteiger partial charge in [-0.2, -0.15) is 0 Å². The third kappa shape index (κ3) is 4.06. The van der Waals surface area contributed by atoms with E-state index in [-0.39, 0.29) is 18.4 Å². The molecule has 0 saturated carbocycles. The highest BCUT2D eigenvalue weighted by molar-refractivity contribution is 5.98. The average Bonchev–Trinajstić information content (AvgIpc) is 2.52. The van der Waals surface area contributed by atoms with Gasteiger partial charge in [0.15, 0.2) is 0 Å². The number of carbonyl (C=O) groups is 4. The first-order valence-electron chi connectivity index (χ1n) is 6.90. The molecule has 0 spiro atoms. The Morgan fingerprint density at radius 3 is 2.22 bits per heavy atom. The number of benzene rings is 1. The van der Waals surface area contributed by atoms with Crippen LogP contribution in [0, 0.1) is 0 Å². The van der Waals surface area contributed by atoms with Gasteiger partial charge >= 0.3 is 11.9 Å². The van der Waals surface area contributed by atoms with Gasteiger partial charge in [-0.1, -0.05) is 12.1 Å². The van der Waals surface area contributed by atoms with Crippen molar-refractivity contribution >= 4 is 23.8 Å². The Morgan fingerprint density at radius 2 is 1.65 bits per heavy atom. The zero-order valence-electron chi connectivity index (χ0n) is 12.4. The normalized spacial score (nSPS) is 20.4. The molecule has 1 aromatic rings. The van der Waals surface area contributed by atoms with Crippen molar-refractivity contribution in [3.8, 4) is 0 Å². The predicted molar refractivity (Wildman–Crippen MR) is 77.6 cm³/mol. The van der Waals surface area contributed by atoms with Gasteiger partial charge in [0.2, 0.25) is 11.8 Å². The van der Waals surface area contributed by atoms with Gasteiger partial charge in [-0.3, -0.25) is 14.4 Å². The van der Waals surface area contributed by atoms with Crippen molar-refractivity contribution in [1.29, 1.82) is 0 Å². The Bertz CT molecular complexity index is 640. The van der Waals surface area contributed by atoms with Crippen LogP contribution in [-0.2, 0) is 25.5 Å². The molecule has 1 aliphatic rings. The van der Waals surface area contributed by atoms with Crippen LogP contribution in [0.5, 0.6) is 0 Å². The van der Waals surface area contributed by atoms with E-state index >= 15 is 0 Å². The number of amides is 2. The van der Waals surface area contributed by atoms with Crippen LogP contribution in [0.3, 0.4) is 0 Å². The number of carboxylic acid groups (broad SMARTS) is 1. The third-order valence-electron chi connectivity index (χ3n) is 3.51. The molecule has 1 aromatic carbocycles. The Balaban J connectivity index is 1.99. The fourth-order valence-electron chi connectivity index (χ4n) is 2.23. The number of carbonyl (C=O) groups excluding carboxylic acids is 3. The molecule has 122 valence electrons. The van der Waals surface area contributed by atoms with Crippen molar-refractivity contribution in [3.63, 3.8) is 0 Å². The van der Waals surface area contributed by atoms with Crippen LogP contribution < -0.4 is 10.6 Å². The summed E-state index contributed by atoms with van der Waals surface area (Å²) in [6.07, 6.45) is -0.00345. The SMILES string of the molecule is COC(=O)CC1NC(=O)C(Cc2ccc(C(=O)O)cc2)NC1=O. The van der Waals surface area contributed by atoms with Crippen molar-refractivity contribution in [2.45, 2.75) is 24.9 Å². The van der Waals surface area contributed by atoms with E-state index in [1.54, 1.807) is 12.1 Å². The number of aromatic carboxylic acids is 1. The molecule has 0 aliphatic carbocycles. The summed E-state index contributed by atoms with van der Waals surface area (Å²) in [5, 5.41) is 13.9. The third-order valence-corrected chi connectivity index (χ3v) is 3.51. The molecule has 2 amide bonds. The maximum Gasteiger partial charge on any atom is 0.335 e. The number of rotatable bonds is 5. The van der Waals surface area contributed by atoms with Crippen LogP contribution in [0.25, 0.3) is 0 Å². The second kappa shape index (κ2) is 6.91. The molecule has 1 fully saturated rings. The van der Waals surface area contributed by atoms with Crippen molar-refractivity contribution < 1.29 is 29.0 Å². The fraction of sp³-hybridized carbons (Fsp3) is 0.333. The number of methoxy groups -OCH3 is 1. The van der Waals surface area contributed by atoms with Gasteiger partial charge in [0.1, 0.15) is 12.1 Å². The number of piperazine rings is 1. The minimum Gasteiger partial charge on any atom is -0.478 e. The molecule has 1 heterocycles. The largest absolute Gasteiger partial charge is 0.478 e. The molecular weight excluding hydrogens is 304 g/mol. The number of carboxylic acids is 1.